The molecule has 1 atom stereocenters. The van der Waals surface area contributed by atoms with Gasteiger partial charge in [-0.2, -0.15) is 0 Å². The fourth-order valence-electron chi connectivity index (χ4n) is 2.55. The molecule has 7 nitrogen and oxygen atoms in total. The van der Waals surface area contributed by atoms with Gasteiger partial charge in [0.1, 0.15) is 18.8 Å². The van der Waals surface area contributed by atoms with Gasteiger partial charge in [0.15, 0.2) is 0 Å². The minimum absolute atomic E-state index is 0.190. The van der Waals surface area contributed by atoms with Gasteiger partial charge in [-0.15, -0.1) is 0 Å². The molecule has 3 N–H and O–H groups in total. The molecule has 0 aromatic heterocycles. The van der Waals surface area contributed by atoms with E-state index in [2.05, 4.69) is 10.6 Å². The molecule has 0 saturated carbocycles. The minimum atomic E-state index is -0.391. The van der Waals surface area contributed by atoms with Gasteiger partial charge in [-0.05, 0) is 31.2 Å². The van der Waals surface area contributed by atoms with Crippen LogP contribution in [0.3, 0.4) is 0 Å². The van der Waals surface area contributed by atoms with Crippen molar-refractivity contribution in [3.63, 3.8) is 0 Å². The lowest BCUT2D eigenvalue weighted by Crippen LogP contribution is -3.08. The molecule has 1 heterocycles. The number of likely N-dealkylation sites (N-methyl/N-ethyl adjacent to an activating group) is 1. The number of methoxy groups -OCH3 is 1. The predicted octanol–water partition coefficient (Wildman–Crippen LogP) is -0.160. The Morgan fingerprint density at radius 1 is 1.25 bits per heavy atom. The summed E-state index contributed by atoms with van der Waals surface area (Å²) >= 11 is 0. The Bertz CT molecular complexity index is 625. The molecule has 1 unspecified atom stereocenters. The van der Waals surface area contributed by atoms with Crippen LogP contribution in [0.4, 0.5) is 4.79 Å². The third-order valence-corrected chi connectivity index (χ3v) is 3.72. The Hall–Kier alpha value is -2.54. The van der Waals surface area contributed by atoms with Crippen molar-refractivity contribution in [3.05, 3.63) is 41.1 Å². The average Bonchev–Trinajstić information content (AvgIpc) is 2.55. The van der Waals surface area contributed by atoms with Gasteiger partial charge < -0.3 is 25.0 Å². The molecule has 1 aromatic carbocycles. The quantitative estimate of drug-likeness (QED) is 0.605. The van der Waals surface area contributed by atoms with Crippen LogP contribution in [0, 0.1) is 0 Å². The highest BCUT2D eigenvalue weighted by atomic mass is 16.5. The van der Waals surface area contributed by atoms with Crippen LogP contribution >= 0.6 is 0 Å². The monoisotopic (exact) mass is 334 g/mol. The van der Waals surface area contributed by atoms with Crippen LogP contribution in [0.1, 0.15) is 12.5 Å². The van der Waals surface area contributed by atoms with E-state index in [0.29, 0.717) is 24.4 Å². The van der Waals surface area contributed by atoms with Crippen LogP contribution in [-0.2, 0) is 16.1 Å². The maximum absolute atomic E-state index is 12.0. The van der Waals surface area contributed by atoms with Gasteiger partial charge in [-0.25, -0.2) is 9.59 Å². The lowest BCUT2D eigenvalue weighted by molar-refractivity contribution is -0.889. The Kier molecular flexibility index (Phi) is 6.20. The number of benzene rings is 1. The van der Waals surface area contributed by atoms with Crippen LogP contribution < -0.4 is 20.3 Å². The standard InChI is InChI=1S/C17H23N3O4/c1-4-24-16(21)14-9-18-17(22)19-15(14)11-20(2)10-12-5-7-13(23-3)8-6-12/h5-8H,4,9-11H2,1-3H3,(H2,18,19,22)/p+1. The largest absolute Gasteiger partial charge is 0.497 e. The van der Waals surface area contributed by atoms with Crippen molar-refractivity contribution < 1.29 is 24.0 Å². The molecular weight excluding hydrogens is 310 g/mol. The summed E-state index contributed by atoms with van der Waals surface area (Å²) < 4.78 is 10.2. The topological polar surface area (TPSA) is 81.1 Å². The zero-order valence-corrected chi connectivity index (χ0v) is 14.3. The summed E-state index contributed by atoms with van der Waals surface area (Å²) in [5, 5.41) is 5.33. The second kappa shape index (κ2) is 8.35. The number of hydrogen-bond donors (Lipinski definition) is 3. The van der Waals surface area contributed by atoms with Crippen molar-refractivity contribution >= 4 is 12.0 Å². The van der Waals surface area contributed by atoms with Gasteiger partial charge >= 0.3 is 12.0 Å². The first kappa shape index (κ1) is 17.8. The number of ether oxygens (including phenoxy) is 2. The maximum atomic E-state index is 12.0. The third kappa shape index (κ3) is 4.73. The molecule has 1 aromatic rings. The van der Waals surface area contributed by atoms with Gasteiger partial charge in [0.25, 0.3) is 0 Å². The first-order valence-electron chi connectivity index (χ1n) is 7.91. The van der Waals surface area contributed by atoms with Crippen molar-refractivity contribution in [3.8, 4) is 5.75 Å². The first-order chi connectivity index (χ1) is 11.5. The van der Waals surface area contributed by atoms with E-state index in [1.165, 1.54) is 0 Å². The number of amides is 2. The summed E-state index contributed by atoms with van der Waals surface area (Å²) in [4.78, 5) is 24.7. The summed E-state index contributed by atoms with van der Waals surface area (Å²) in [5.74, 6) is 0.423. The molecule has 0 spiro atoms. The first-order valence-corrected chi connectivity index (χ1v) is 7.91. The SMILES string of the molecule is CCOC(=O)C1=C(C[NH+](C)Cc2ccc(OC)cc2)NC(=O)NC1. The van der Waals surface area contributed by atoms with Crippen molar-refractivity contribution in [2.45, 2.75) is 13.5 Å². The predicted molar refractivity (Wildman–Crippen MR) is 88.6 cm³/mol. The molecule has 24 heavy (non-hydrogen) atoms. The van der Waals surface area contributed by atoms with Gasteiger partial charge in [-0.1, -0.05) is 0 Å². The van der Waals surface area contributed by atoms with Crippen molar-refractivity contribution in [2.24, 2.45) is 0 Å². The van der Waals surface area contributed by atoms with Gasteiger partial charge in [0.2, 0.25) is 0 Å². The normalized spacial score (nSPS) is 15.4. The van der Waals surface area contributed by atoms with Gasteiger partial charge in [-0.3, -0.25) is 0 Å². The maximum Gasteiger partial charge on any atom is 0.337 e. The zero-order chi connectivity index (χ0) is 17.5. The summed E-state index contributed by atoms with van der Waals surface area (Å²) in [5.41, 5.74) is 2.24. The second-order valence-corrected chi connectivity index (χ2v) is 5.64. The number of urea groups is 1. The van der Waals surface area contributed by atoms with E-state index in [1.54, 1.807) is 14.0 Å². The van der Waals surface area contributed by atoms with E-state index in [0.717, 1.165) is 22.8 Å². The number of nitrogens with one attached hydrogen (secondary N) is 3. The smallest absolute Gasteiger partial charge is 0.337 e. The van der Waals surface area contributed by atoms with Crippen LogP contribution in [-0.4, -0.2) is 45.9 Å². The van der Waals surface area contributed by atoms with Crippen molar-refractivity contribution in [1.29, 1.82) is 0 Å². The molecule has 2 amide bonds. The number of esters is 1. The number of quaternary nitrogens is 1. The lowest BCUT2D eigenvalue weighted by atomic mass is 10.1. The molecule has 2 rings (SSSR count). The van der Waals surface area contributed by atoms with Gasteiger partial charge in [0, 0.05) is 5.56 Å². The highest BCUT2D eigenvalue weighted by Crippen LogP contribution is 2.10. The molecule has 0 fully saturated rings. The number of rotatable bonds is 7. The summed E-state index contributed by atoms with van der Waals surface area (Å²) in [6.07, 6.45) is 0. The molecule has 0 saturated heterocycles. The highest BCUT2D eigenvalue weighted by Gasteiger charge is 2.25. The fraction of sp³-hybridized carbons (Fsp3) is 0.412. The highest BCUT2D eigenvalue weighted by molar-refractivity contribution is 5.93. The molecule has 0 radical (unpaired) electrons. The molecular formula is C17H24N3O4+. The number of hydrogen-bond acceptors (Lipinski definition) is 4. The Labute approximate surface area is 141 Å². The molecule has 0 bridgehead atoms. The molecule has 1 aliphatic heterocycles. The van der Waals surface area contributed by atoms with E-state index in [4.69, 9.17) is 9.47 Å². The summed E-state index contributed by atoms with van der Waals surface area (Å²) in [6, 6.07) is 7.54. The number of carbonyl (C=O) groups is 2. The molecule has 7 heteroatoms. The lowest BCUT2D eigenvalue weighted by Gasteiger charge is -2.23. The van der Waals surface area contributed by atoms with Crippen molar-refractivity contribution in [1.82, 2.24) is 10.6 Å². The second-order valence-electron chi connectivity index (χ2n) is 5.64. The molecule has 1 aliphatic rings. The van der Waals surface area contributed by atoms with E-state index >= 15 is 0 Å². The Morgan fingerprint density at radius 3 is 2.58 bits per heavy atom. The minimum Gasteiger partial charge on any atom is -0.497 e. The van der Waals surface area contributed by atoms with Crippen LogP contribution in [0.15, 0.2) is 35.5 Å². The van der Waals surface area contributed by atoms with Crippen LogP contribution in [0.25, 0.3) is 0 Å². The average molecular weight is 334 g/mol. The zero-order valence-electron chi connectivity index (χ0n) is 14.3. The Morgan fingerprint density at radius 2 is 1.96 bits per heavy atom. The molecule has 0 aliphatic carbocycles. The van der Waals surface area contributed by atoms with Gasteiger partial charge in [0.05, 0.1) is 38.6 Å². The van der Waals surface area contributed by atoms with Crippen LogP contribution in [0.2, 0.25) is 0 Å². The summed E-state index contributed by atoms with van der Waals surface area (Å²) in [6.45, 7) is 3.53. The number of carbonyl (C=O) groups excluding carboxylic acids is 2. The fourth-order valence-corrected chi connectivity index (χ4v) is 2.55. The van der Waals surface area contributed by atoms with E-state index in [9.17, 15) is 9.59 Å². The third-order valence-electron chi connectivity index (χ3n) is 3.72. The van der Waals surface area contributed by atoms with E-state index in [-0.39, 0.29) is 12.6 Å². The van der Waals surface area contributed by atoms with Crippen LogP contribution in [0.5, 0.6) is 5.75 Å². The van der Waals surface area contributed by atoms with Crippen molar-refractivity contribution in [2.75, 3.05) is 33.9 Å². The van der Waals surface area contributed by atoms with E-state index < -0.39 is 5.97 Å². The summed E-state index contributed by atoms with van der Waals surface area (Å²) in [7, 11) is 3.64. The molecule has 130 valence electrons. The Balaban J connectivity index is 2.06. The van der Waals surface area contributed by atoms with E-state index in [1.807, 2.05) is 31.3 Å².